The lowest BCUT2D eigenvalue weighted by Crippen LogP contribution is -2.17. The number of benzene rings is 1. The van der Waals surface area contributed by atoms with Crippen LogP contribution in [0, 0.1) is 6.92 Å². The number of hydrogen-bond acceptors (Lipinski definition) is 3. The molecule has 0 fully saturated rings. The summed E-state index contributed by atoms with van der Waals surface area (Å²) < 4.78 is 2.75. The third-order valence-corrected chi connectivity index (χ3v) is 4.13. The van der Waals surface area contributed by atoms with Gasteiger partial charge in [-0.05, 0) is 30.7 Å². The first kappa shape index (κ1) is 15.4. The lowest BCUT2D eigenvalue weighted by atomic mass is 10.2. The van der Waals surface area contributed by atoms with Crippen LogP contribution in [0.5, 0.6) is 0 Å². The van der Waals surface area contributed by atoms with Crippen LogP contribution >= 0.6 is 15.9 Å². The Hall–Kier alpha value is -2.47. The van der Waals surface area contributed by atoms with E-state index in [9.17, 15) is 4.79 Å². The number of nitrogens with zero attached hydrogens (tertiary/aromatic N) is 3. The van der Waals surface area contributed by atoms with E-state index in [4.69, 9.17) is 0 Å². The van der Waals surface area contributed by atoms with E-state index in [1.165, 1.54) is 0 Å². The zero-order valence-electron chi connectivity index (χ0n) is 12.5. The molecule has 6 heteroatoms. The zero-order chi connectivity index (χ0) is 16.2. The Kier molecular flexibility index (Phi) is 4.52. The van der Waals surface area contributed by atoms with E-state index in [1.54, 1.807) is 23.0 Å². The number of anilines is 1. The van der Waals surface area contributed by atoms with E-state index in [1.807, 2.05) is 43.3 Å². The lowest BCUT2D eigenvalue weighted by molar-refractivity contribution is 0.102. The molecule has 0 saturated heterocycles. The highest BCUT2D eigenvalue weighted by Crippen LogP contribution is 2.19. The van der Waals surface area contributed by atoms with Gasteiger partial charge in [0.05, 0.1) is 12.7 Å². The van der Waals surface area contributed by atoms with Crippen LogP contribution in [0.3, 0.4) is 0 Å². The second kappa shape index (κ2) is 6.75. The Bertz CT molecular complexity index is 844. The Morgan fingerprint density at radius 3 is 2.78 bits per heavy atom. The topological polar surface area (TPSA) is 59.8 Å². The number of aryl methyl sites for hydroxylation is 1. The normalized spacial score (nSPS) is 10.5. The summed E-state index contributed by atoms with van der Waals surface area (Å²) in [6.07, 6.45) is 1.66. The number of rotatable bonds is 4. The molecule has 2 aromatic heterocycles. The van der Waals surface area contributed by atoms with Gasteiger partial charge < -0.3 is 5.32 Å². The van der Waals surface area contributed by atoms with Gasteiger partial charge in [-0.15, -0.1) is 0 Å². The van der Waals surface area contributed by atoms with E-state index in [0.29, 0.717) is 18.1 Å². The summed E-state index contributed by atoms with van der Waals surface area (Å²) in [5, 5.41) is 7.14. The number of pyridine rings is 1. The number of aromatic nitrogens is 3. The quantitative estimate of drug-likeness (QED) is 0.762. The van der Waals surface area contributed by atoms with Crippen LogP contribution in [0.1, 0.15) is 21.7 Å². The van der Waals surface area contributed by atoms with Crippen LogP contribution in [0.15, 0.2) is 59.2 Å². The Morgan fingerprint density at radius 2 is 2.00 bits per heavy atom. The number of nitrogens with one attached hydrogen (secondary N) is 1. The first-order valence-electron chi connectivity index (χ1n) is 7.14. The van der Waals surface area contributed by atoms with Crippen molar-refractivity contribution in [3.05, 3.63) is 76.2 Å². The lowest BCUT2D eigenvalue weighted by Gasteiger charge is -2.10. The molecular weight excluding hydrogens is 356 g/mol. The predicted octanol–water partition coefficient (Wildman–Crippen LogP) is 3.65. The molecule has 1 N–H and O–H groups in total. The van der Waals surface area contributed by atoms with Crippen molar-refractivity contribution in [2.24, 2.45) is 0 Å². The number of halogens is 1. The largest absolute Gasteiger partial charge is 0.305 e. The average molecular weight is 371 g/mol. The Morgan fingerprint density at radius 1 is 1.17 bits per heavy atom. The molecule has 3 aromatic rings. The van der Waals surface area contributed by atoms with Crippen LogP contribution in [0.25, 0.3) is 0 Å². The zero-order valence-corrected chi connectivity index (χ0v) is 14.1. The molecule has 0 unspecified atom stereocenters. The molecule has 0 saturated carbocycles. The minimum absolute atomic E-state index is 0.248. The molecule has 1 aromatic carbocycles. The third-order valence-electron chi connectivity index (χ3n) is 3.36. The summed E-state index contributed by atoms with van der Waals surface area (Å²) in [6.45, 7) is 2.42. The maximum absolute atomic E-state index is 12.3. The molecule has 0 aliphatic carbocycles. The summed E-state index contributed by atoms with van der Waals surface area (Å²) in [5.41, 5.74) is 2.28. The molecule has 3 rings (SSSR count). The van der Waals surface area contributed by atoms with Gasteiger partial charge >= 0.3 is 0 Å². The monoisotopic (exact) mass is 370 g/mol. The first-order valence-corrected chi connectivity index (χ1v) is 7.93. The maximum Gasteiger partial charge on any atom is 0.275 e. The van der Waals surface area contributed by atoms with Crippen LogP contribution in [-0.4, -0.2) is 20.7 Å². The van der Waals surface area contributed by atoms with Crippen molar-refractivity contribution in [2.75, 3.05) is 5.32 Å². The van der Waals surface area contributed by atoms with Crippen LogP contribution < -0.4 is 5.32 Å². The average Bonchev–Trinajstić information content (AvgIpc) is 2.96. The fraction of sp³-hybridized carbons (Fsp3) is 0.118. The van der Waals surface area contributed by atoms with E-state index in [-0.39, 0.29) is 5.91 Å². The van der Waals surface area contributed by atoms with Gasteiger partial charge in [0.15, 0.2) is 0 Å². The number of carbonyl (C=O) groups excluding carboxylic acids is 1. The van der Waals surface area contributed by atoms with Crippen LogP contribution in [0.4, 0.5) is 5.82 Å². The fourth-order valence-electron chi connectivity index (χ4n) is 2.20. The van der Waals surface area contributed by atoms with Crippen molar-refractivity contribution in [1.82, 2.24) is 14.8 Å². The van der Waals surface area contributed by atoms with Crippen molar-refractivity contribution in [1.29, 1.82) is 0 Å². The van der Waals surface area contributed by atoms with Gasteiger partial charge in [0.25, 0.3) is 5.91 Å². The second-order valence-electron chi connectivity index (χ2n) is 5.08. The third kappa shape index (κ3) is 3.65. The molecule has 23 heavy (non-hydrogen) atoms. The molecule has 116 valence electrons. The highest BCUT2D eigenvalue weighted by atomic mass is 79.9. The molecule has 2 heterocycles. The van der Waals surface area contributed by atoms with E-state index < -0.39 is 0 Å². The smallest absolute Gasteiger partial charge is 0.275 e. The van der Waals surface area contributed by atoms with Crippen molar-refractivity contribution in [3.63, 3.8) is 0 Å². The second-order valence-corrected chi connectivity index (χ2v) is 5.94. The van der Waals surface area contributed by atoms with Gasteiger partial charge in [-0.3, -0.25) is 4.79 Å². The molecular formula is C17H15BrN4O. The SMILES string of the molecule is Cc1cccc(C(=O)Nc2ccnn2Cc2ccccc2Br)n1. The highest BCUT2D eigenvalue weighted by Gasteiger charge is 2.11. The number of carbonyl (C=O) groups is 1. The minimum Gasteiger partial charge on any atom is -0.305 e. The molecule has 0 aliphatic rings. The van der Waals surface area contributed by atoms with E-state index in [2.05, 4.69) is 31.3 Å². The predicted molar refractivity (Wildman–Crippen MR) is 92.4 cm³/mol. The molecule has 0 spiro atoms. The standard InChI is InChI=1S/C17H15BrN4O/c1-12-5-4-8-15(20-12)17(23)21-16-9-10-19-22(16)11-13-6-2-3-7-14(13)18/h2-10H,11H2,1H3,(H,21,23). The molecule has 0 radical (unpaired) electrons. The molecule has 0 atom stereocenters. The summed E-state index contributed by atoms with van der Waals surface area (Å²) in [5.74, 6) is 0.386. The van der Waals surface area contributed by atoms with Crippen molar-refractivity contribution < 1.29 is 4.79 Å². The Balaban J connectivity index is 1.79. The van der Waals surface area contributed by atoms with Crippen molar-refractivity contribution in [2.45, 2.75) is 13.5 Å². The van der Waals surface area contributed by atoms with Gasteiger partial charge in [-0.2, -0.15) is 5.10 Å². The van der Waals surface area contributed by atoms with E-state index in [0.717, 1.165) is 15.7 Å². The van der Waals surface area contributed by atoms with Gasteiger partial charge in [0, 0.05) is 16.2 Å². The highest BCUT2D eigenvalue weighted by molar-refractivity contribution is 9.10. The fourth-order valence-corrected chi connectivity index (χ4v) is 2.61. The Labute approximate surface area is 142 Å². The first-order chi connectivity index (χ1) is 11.1. The van der Waals surface area contributed by atoms with Gasteiger partial charge in [0.1, 0.15) is 11.5 Å². The summed E-state index contributed by atoms with van der Waals surface area (Å²) >= 11 is 3.52. The maximum atomic E-state index is 12.3. The minimum atomic E-state index is -0.248. The van der Waals surface area contributed by atoms with Gasteiger partial charge in [-0.1, -0.05) is 40.2 Å². The van der Waals surface area contributed by atoms with Crippen molar-refractivity contribution in [3.8, 4) is 0 Å². The summed E-state index contributed by atoms with van der Waals surface area (Å²) in [6, 6.07) is 15.1. The molecule has 0 bridgehead atoms. The number of hydrogen-bond donors (Lipinski definition) is 1. The van der Waals surface area contributed by atoms with Gasteiger partial charge in [-0.25, -0.2) is 9.67 Å². The van der Waals surface area contributed by atoms with E-state index >= 15 is 0 Å². The summed E-state index contributed by atoms with van der Waals surface area (Å²) in [7, 11) is 0. The van der Waals surface area contributed by atoms with Crippen LogP contribution in [-0.2, 0) is 6.54 Å². The van der Waals surface area contributed by atoms with Gasteiger partial charge in [0.2, 0.25) is 0 Å². The van der Waals surface area contributed by atoms with Crippen LogP contribution in [0.2, 0.25) is 0 Å². The molecule has 5 nitrogen and oxygen atoms in total. The molecule has 0 aliphatic heterocycles. The van der Waals surface area contributed by atoms with Crippen molar-refractivity contribution >= 4 is 27.7 Å². The number of amides is 1. The molecule has 1 amide bonds. The summed E-state index contributed by atoms with van der Waals surface area (Å²) in [4.78, 5) is 16.5.